The monoisotopic (exact) mass is 540 g/mol. The van der Waals surface area contributed by atoms with Crippen molar-refractivity contribution in [3.63, 3.8) is 0 Å². The van der Waals surface area contributed by atoms with Crippen molar-refractivity contribution < 1.29 is 24.9 Å². The molecular weight excluding hydrogens is 492 g/mol. The first-order valence-electron chi connectivity index (χ1n) is 15.1. The molecule has 4 aliphatic carbocycles. The second-order valence-corrected chi connectivity index (χ2v) is 13.9. The van der Waals surface area contributed by atoms with Gasteiger partial charge in [-0.3, -0.25) is 9.59 Å². The maximum absolute atomic E-state index is 12.8. The van der Waals surface area contributed by atoms with Crippen molar-refractivity contribution in [1.82, 2.24) is 0 Å². The number of aliphatic hydroxyl groups excluding tert-OH is 3. The van der Waals surface area contributed by atoms with Gasteiger partial charge in [-0.15, -0.1) is 0 Å². The zero-order valence-corrected chi connectivity index (χ0v) is 24.0. The number of nitrogens with one attached hydrogen (secondary N) is 2. The number of hydrogen-bond acceptors (Lipinski definition) is 5. The molecule has 216 valence electrons. The highest BCUT2D eigenvalue weighted by Gasteiger charge is 2.65. The van der Waals surface area contributed by atoms with E-state index in [0.717, 1.165) is 51.4 Å². The summed E-state index contributed by atoms with van der Waals surface area (Å²) in [5, 5.41) is 39.2. The first-order chi connectivity index (χ1) is 18.4. The number of fused-ring (bicyclic) bond motifs is 5. The van der Waals surface area contributed by atoms with Crippen LogP contribution in [-0.2, 0) is 9.59 Å². The van der Waals surface area contributed by atoms with Crippen molar-refractivity contribution in [2.24, 2.45) is 46.3 Å². The van der Waals surface area contributed by atoms with Gasteiger partial charge in [-0.1, -0.05) is 26.8 Å². The van der Waals surface area contributed by atoms with Crippen LogP contribution in [0.4, 0.5) is 11.4 Å². The lowest BCUT2D eigenvalue weighted by atomic mass is 9.43. The molecule has 11 atom stereocenters. The Kier molecular flexibility index (Phi) is 7.90. The SMILES string of the molecule is CC(=O)Nc1cccc(NC(=O)CC[C@@H](C)[C@H]2CC[C@H]3[C@@H]4[C@H](O)C[C@@H]5C[C@H](O)CC[C@]5(C)[C@H]4C[C@H](O)[C@]23C)c1. The summed E-state index contributed by atoms with van der Waals surface area (Å²) in [6.07, 6.45) is 6.19. The van der Waals surface area contributed by atoms with Crippen LogP contribution >= 0.6 is 0 Å². The summed E-state index contributed by atoms with van der Waals surface area (Å²) in [6, 6.07) is 7.17. The van der Waals surface area contributed by atoms with E-state index in [4.69, 9.17) is 0 Å². The molecule has 7 nitrogen and oxygen atoms in total. The quantitative estimate of drug-likeness (QED) is 0.349. The summed E-state index contributed by atoms with van der Waals surface area (Å²) in [5.41, 5.74) is 1.12. The van der Waals surface area contributed by atoms with Crippen molar-refractivity contribution in [2.75, 3.05) is 10.6 Å². The van der Waals surface area contributed by atoms with Crippen LogP contribution in [0.15, 0.2) is 24.3 Å². The summed E-state index contributed by atoms with van der Waals surface area (Å²) in [6.45, 7) is 8.30. The molecule has 4 fully saturated rings. The highest BCUT2D eigenvalue weighted by molar-refractivity contribution is 5.93. The molecule has 0 aliphatic heterocycles. The number of anilines is 2. The Morgan fingerprint density at radius 2 is 1.72 bits per heavy atom. The zero-order chi connectivity index (χ0) is 28.1. The van der Waals surface area contributed by atoms with Gasteiger partial charge in [0, 0.05) is 24.7 Å². The molecule has 0 unspecified atom stereocenters. The second kappa shape index (κ2) is 10.8. The van der Waals surface area contributed by atoms with Crippen molar-refractivity contribution in [1.29, 1.82) is 0 Å². The van der Waals surface area contributed by atoms with Crippen LogP contribution < -0.4 is 10.6 Å². The largest absolute Gasteiger partial charge is 0.393 e. The molecule has 5 N–H and O–H groups in total. The Morgan fingerprint density at radius 3 is 2.44 bits per heavy atom. The molecule has 0 heterocycles. The first kappa shape index (κ1) is 28.6. The molecule has 7 heteroatoms. The number of benzene rings is 1. The molecule has 0 spiro atoms. The van der Waals surface area contributed by atoms with Crippen LogP contribution in [0, 0.1) is 46.3 Å². The molecule has 39 heavy (non-hydrogen) atoms. The molecule has 5 rings (SSSR count). The van der Waals surface area contributed by atoms with Crippen LogP contribution in [0.5, 0.6) is 0 Å². The number of carbonyl (C=O) groups excluding carboxylic acids is 2. The van der Waals surface area contributed by atoms with E-state index in [9.17, 15) is 24.9 Å². The van der Waals surface area contributed by atoms with Gasteiger partial charge in [0.25, 0.3) is 0 Å². The summed E-state index contributed by atoms with van der Waals surface area (Å²) < 4.78 is 0. The minimum atomic E-state index is -0.418. The van der Waals surface area contributed by atoms with E-state index in [-0.39, 0.29) is 52.6 Å². The third-order valence-electron chi connectivity index (χ3n) is 11.8. The van der Waals surface area contributed by atoms with Crippen LogP contribution in [0.25, 0.3) is 0 Å². The third-order valence-corrected chi connectivity index (χ3v) is 11.8. The molecule has 0 saturated heterocycles. The zero-order valence-electron chi connectivity index (χ0n) is 24.0. The van der Waals surface area contributed by atoms with Gasteiger partial charge in [-0.2, -0.15) is 0 Å². The molecule has 4 aliphatic rings. The van der Waals surface area contributed by atoms with E-state index in [1.165, 1.54) is 6.92 Å². The van der Waals surface area contributed by atoms with Crippen LogP contribution in [-0.4, -0.2) is 45.4 Å². The number of carbonyl (C=O) groups is 2. The van der Waals surface area contributed by atoms with E-state index in [1.807, 2.05) is 6.07 Å². The minimum Gasteiger partial charge on any atom is -0.393 e. The fourth-order valence-corrected chi connectivity index (χ4v) is 9.79. The predicted octanol–water partition coefficient (Wildman–Crippen LogP) is 4.96. The number of amides is 2. The van der Waals surface area contributed by atoms with E-state index < -0.39 is 6.10 Å². The van der Waals surface area contributed by atoms with E-state index >= 15 is 0 Å². The fourth-order valence-electron chi connectivity index (χ4n) is 9.79. The topological polar surface area (TPSA) is 119 Å². The Hall–Kier alpha value is -1.96. The Morgan fingerprint density at radius 1 is 1.00 bits per heavy atom. The highest BCUT2D eigenvalue weighted by Crippen LogP contribution is 2.68. The number of rotatable bonds is 6. The molecule has 0 radical (unpaired) electrons. The van der Waals surface area contributed by atoms with Gasteiger partial charge in [-0.05, 0) is 116 Å². The molecular formula is C32H48N2O5. The highest BCUT2D eigenvalue weighted by atomic mass is 16.3. The van der Waals surface area contributed by atoms with Gasteiger partial charge < -0.3 is 26.0 Å². The molecule has 0 aromatic heterocycles. The van der Waals surface area contributed by atoms with Gasteiger partial charge in [-0.25, -0.2) is 0 Å². The fraction of sp³-hybridized carbons (Fsp3) is 0.750. The summed E-state index contributed by atoms with van der Waals surface area (Å²) >= 11 is 0. The van der Waals surface area contributed by atoms with Gasteiger partial charge in [0.05, 0.1) is 18.3 Å². The molecule has 0 bridgehead atoms. The summed E-state index contributed by atoms with van der Waals surface area (Å²) in [5.74, 6) is 1.47. The smallest absolute Gasteiger partial charge is 0.224 e. The predicted molar refractivity (Wildman–Crippen MR) is 152 cm³/mol. The average molecular weight is 541 g/mol. The van der Waals surface area contributed by atoms with E-state index in [1.54, 1.807) is 18.2 Å². The van der Waals surface area contributed by atoms with Gasteiger partial charge in [0.15, 0.2) is 0 Å². The van der Waals surface area contributed by atoms with E-state index in [2.05, 4.69) is 31.4 Å². The van der Waals surface area contributed by atoms with Crippen molar-refractivity contribution in [2.45, 2.75) is 104 Å². The van der Waals surface area contributed by atoms with Crippen LogP contribution in [0.2, 0.25) is 0 Å². The Labute approximate surface area is 233 Å². The first-order valence-corrected chi connectivity index (χ1v) is 15.1. The van der Waals surface area contributed by atoms with Gasteiger partial charge in [0.2, 0.25) is 11.8 Å². The maximum Gasteiger partial charge on any atom is 0.224 e. The molecule has 1 aromatic carbocycles. The van der Waals surface area contributed by atoms with Gasteiger partial charge in [0.1, 0.15) is 0 Å². The lowest BCUT2D eigenvalue weighted by molar-refractivity contribution is -0.207. The molecule has 2 amide bonds. The Bertz CT molecular complexity index is 1080. The number of hydrogen-bond donors (Lipinski definition) is 5. The molecule has 4 saturated carbocycles. The minimum absolute atomic E-state index is 0.0491. The maximum atomic E-state index is 12.8. The third kappa shape index (κ3) is 5.15. The number of aliphatic hydroxyl groups is 3. The Balaban J connectivity index is 1.24. The van der Waals surface area contributed by atoms with Crippen LogP contribution in [0.1, 0.15) is 85.5 Å². The normalized spacial score (nSPS) is 42.0. The second-order valence-electron chi connectivity index (χ2n) is 13.9. The van der Waals surface area contributed by atoms with Crippen molar-refractivity contribution in [3.05, 3.63) is 24.3 Å². The average Bonchev–Trinajstić information content (AvgIpc) is 3.22. The summed E-state index contributed by atoms with van der Waals surface area (Å²) in [7, 11) is 0. The van der Waals surface area contributed by atoms with Crippen molar-refractivity contribution >= 4 is 23.2 Å². The van der Waals surface area contributed by atoms with Crippen molar-refractivity contribution in [3.8, 4) is 0 Å². The standard InChI is InChI=1S/C32H48N2O5/c1-18(8-11-29(39)34-22-7-5-6-21(16-22)33-19(2)35)24-9-10-25-30-26(17-28(38)32(24,25)4)31(3)13-12-23(36)14-20(31)15-27(30)37/h5-7,16,18,20,23-28,30,36-38H,8-15,17H2,1-4H3,(H,33,35)(H,34,39)/t18-,20+,23-,24-,25+,26+,27-,28+,30+,31+,32-/m1/s1. The summed E-state index contributed by atoms with van der Waals surface area (Å²) in [4.78, 5) is 24.2. The molecule has 1 aromatic rings. The van der Waals surface area contributed by atoms with Gasteiger partial charge >= 0.3 is 0 Å². The van der Waals surface area contributed by atoms with Crippen LogP contribution in [0.3, 0.4) is 0 Å². The van der Waals surface area contributed by atoms with E-state index in [0.29, 0.717) is 35.5 Å². The lowest BCUT2D eigenvalue weighted by Crippen LogP contribution is -2.62. The lowest BCUT2D eigenvalue weighted by Gasteiger charge is -2.63.